The fraction of sp³-hybridized carbons (Fsp3) is 0.583. The highest BCUT2D eigenvalue weighted by Gasteiger charge is 2.38. The van der Waals surface area contributed by atoms with Gasteiger partial charge in [-0.25, -0.2) is 0 Å². The third kappa shape index (κ3) is 2.25. The molecule has 14 heavy (non-hydrogen) atoms. The first kappa shape index (κ1) is 11.0. The molecule has 0 aliphatic heterocycles. The van der Waals surface area contributed by atoms with Crippen LogP contribution in [0.25, 0.3) is 0 Å². The minimum absolute atomic E-state index is 0.169. The first-order valence-corrected chi connectivity index (χ1v) is 5.15. The summed E-state index contributed by atoms with van der Waals surface area (Å²) < 4.78 is 0. The Morgan fingerprint density at radius 3 is 2.43 bits per heavy atom. The van der Waals surface area contributed by atoms with Gasteiger partial charge in [0.1, 0.15) is 0 Å². The van der Waals surface area contributed by atoms with Gasteiger partial charge in [-0.15, -0.1) is 13.2 Å². The highest BCUT2D eigenvalue weighted by atomic mass is 16.4. The van der Waals surface area contributed by atoms with Crippen molar-refractivity contribution in [3.05, 3.63) is 25.3 Å². The molecule has 1 fully saturated rings. The average Bonchev–Trinajstić information content (AvgIpc) is 2.50. The van der Waals surface area contributed by atoms with E-state index < -0.39 is 5.97 Å². The Labute approximate surface area is 85.3 Å². The van der Waals surface area contributed by atoms with E-state index in [4.69, 9.17) is 5.11 Å². The normalized spacial score (nSPS) is 31.3. The van der Waals surface area contributed by atoms with E-state index in [-0.39, 0.29) is 11.8 Å². The van der Waals surface area contributed by atoms with Crippen molar-refractivity contribution in [3.63, 3.8) is 0 Å². The number of aliphatic carboxylic acids is 1. The molecule has 0 aromatic carbocycles. The van der Waals surface area contributed by atoms with Gasteiger partial charge in [0.2, 0.25) is 0 Å². The summed E-state index contributed by atoms with van der Waals surface area (Å²) in [5.74, 6) is -0.0593. The van der Waals surface area contributed by atoms with Gasteiger partial charge in [0.15, 0.2) is 0 Å². The van der Waals surface area contributed by atoms with Gasteiger partial charge < -0.3 is 5.11 Å². The number of hydrogen-bond acceptors (Lipinski definition) is 1. The van der Waals surface area contributed by atoms with E-state index in [1.165, 1.54) is 0 Å². The minimum atomic E-state index is -0.650. The second kappa shape index (κ2) is 4.99. The van der Waals surface area contributed by atoms with E-state index in [1.807, 2.05) is 12.2 Å². The lowest BCUT2D eigenvalue weighted by Gasteiger charge is -2.20. The molecule has 1 rings (SSSR count). The number of carbonyl (C=O) groups is 1. The quantitative estimate of drug-likeness (QED) is 0.683. The summed E-state index contributed by atoms with van der Waals surface area (Å²) in [6.45, 7) is 7.41. The molecule has 0 amide bonds. The van der Waals surface area contributed by atoms with Gasteiger partial charge >= 0.3 is 5.97 Å². The van der Waals surface area contributed by atoms with E-state index in [2.05, 4.69) is 13.2 Å². The first-order valence-electron chi connectivity index (χ1n) is 5.15. The lowest BCUT2D eigenvalue weighted by Crippen LogP contribution is -2.21. The van der Waals surface area contributed by atoms with E-state index in [9.17, 15) is 4.79 Å². The fourth-order valence-corrected chi connectivity index (χ4v) is 2.51. The molecule has 0 aromatic heterocycles. The molecule has 1 aliphatic carbocycles. The van der Waals surface area contributed by atoms with Crippen molar-refractivity contribution < 1.29 is 9.90 Å². The van der Waals surface area contributed by atoms with Crippen molar-refractivity contribution >= 4 is 5.97 Å². The van der Waals surface area contributed by atoms with Crippen LogP contribution in [0, 0.1) is 17.8 Å². The summed E-state index contributed by atoms with van der Waals surface area (Å²) in [6, 6.07) is 0. The van der Waals surface area contributed by atoms with Gasteiger partial charge in [-0.1, -0.05) is 12.2 Å². The Kier molecular flexibility index (Phi) is 3.93. The van der Waals surface area contributed by atoms with Gasteiger partial charge in [0.05, 0.1) is 5.92 Å². The Morgan fingerprint density at radius 1 is 1.29 bits per heavy atom. The molecular formula is C12H18O2. The molecule has 1 aliphatic rings. The molecule has 0 heterocycles. The molecule has 2 nitrogen and oxygen atoms in total. The standard InChI is InChI=1S/C12H18O2/c1-3-5-9-7-8-11(12(13)14)10(9)6-4-2/h3-4,9-11H,1-2,5-8H2,(H,13,14). The molecule has 0 bridgehead atoms. The highest BCUT2D eigenvalue weighted by Crippen LogP contribution is 2.41. The van der Waals surface area contributed by atoms with Crippen LogP contribution in [0.2, 0.25) is 0 Å². The summed E-state index contributed by atoms with van der Waals surface area (Å²) in [5, 5.41) is 9.04. The van der Waals surface area contributed by atoms with Gasteiger partial charge in [-0.3, -0.25) is 4.79 Å². The summed E-state index contributed by atoms with van der Waals surface area (Å²) >= 11 is 0. The fourth-order valence-electron chi connectivity index (χ4n) is 2.51. The van der Waals surface area contributed by atoms with Gasteiger partial charge in [-0.2, -0.15) is 0 Å². The molecule has 1 N–H and O–H groups in total. The lowest BCUT2D eigenvalue weighted by molar-refractivity contribution is -0.143. The molecule has 3 atom stereocenters. The van der Waals surface area contributed by atoms with E-state index in [1.54, 1.807) is 0 Å². The molecule has 2 heteroatoms. The Morgan fingerprint density at radius 2 is 1.93 bits per heavy atom. The molecule has 0 saturated heterocycles. The van der Waals surface area contributed by atoms with Crippen LogP contribution in [0.3, 0.4) is 0 Å². The van der Waals surface area contributed by atoms with Crippen molar-refractivity contribution in [2.24, 2.45) is 17.8 Å². The van der Waals surface area contributed by atoms with Crippen LogP contribution in [0.5, 0.6) is 0 Å². The maximum absolute atomic E-state index is 11.0. The van der Waals surface area contributed by atoms with Crippen molar-refractivity contribution in [3.8, 4) is 0 Å². The summed E-state index contributed by atoms with van der Waals surface area (Å²) in [4.78, 5) is 11.0. The average molecular weight is 194 g/mol. The smallest absolute Gasteiger partial charge is 0.306 e. The zero-order valence-corrected chi connectivity index (χ0v) is 8.48. The second-order valence-electron chi connectivity index (χ2n) is 3.99. The molecule has 0 aromatic rings. The zero-order chi connectivity index (χ0) is 10.6. The number of carboxylic acids is 1. The van der Waals surface area contributed by atoms with E-state index >= 15 is 0 Å². The Bertz CT molecular complexity index is 232. The van der Waals surface area contributed by atoms with Crippen molar-refractivity contribution in [1.29, 1.82) is 0 Å². The maximum atomic E-state index is 11.0. The van der Waals surface area contributed by atoms with Crippen molar-refractivity contribution in [1.82, 2.24) is 0 Å². The maximum Gasteiger partial charge on any atom is 0.306 e. The number of rotatable bonds is 5. The largest absolute Gasteiger partial charge is 0.481 e. The van der Waals surface area contributed by atoms with Crippen LogP contribution >= 0.6 is 0 Å². The molecule has 78 valence electrons. The van der Waals surface area contributed by atoms with Crippen LogP contribution in [0.4, 0.5) is 0 Å². The zero-order valence-electron chi connectivity index (χ0n) is 8.48. The van der Waals surface area contributed by atoms with E-state index in [0.717, 1.165) is 25.7 Å². The van der Waals surface area contributed by atoms with Crippen molar-refractivity contribution in [2.45, 2.75) is 25.7 Å². The van der Waals surface area contributed by atoms with Crippen molar-refractivity contribution in [2.75, 3.05) is 0 Å². The second-order valence-corrected chi connectivity index (χ2v) is 3.99. The summed E-state index contributed by atoms with van der Waals surface area (Å²) in [7, 11) is 0. The van der Waals surface area contributed by atoms with Crippen LogP contribution in [0.1, 0.15) is 25.7 Å². The van der Waals surface area contributed by atoms with Crippen LogP contribution < -0.4 is 0 Å². The predicted molar refractivity (Wildman–Crippen MR) is 57.0 cm³/mol. The minimum Gasteiger partial charge on any atom is -0.481 e. The molecule has 1 saturated carbocycles. The molecule has 3 unspecified atom stereocenters. The first-order chi connectivity index (χ1) is 6.70. The summed E-state index contributed by atoms with van der Waals surface area (Å²) in [6.07, 6.45) is 7.30. The molecule has 0 spiro atoms. The SMILES string of the molecule is C=CCC1CCC(C(=O)O)C1CC=C. The number of carboxylic acid groups (broad SMARTS) is 1. The van der Waals surface area contributed by atoms with Crippen LogP contribution in [-0.4, -0.2) is 11.1 Å². The van der Waals surface area contributed by atoms with E-state index in [0.29, 0.717) is 5.92 Å². The van der Waals surface area contributed by atoms with Crippen LogP contribution in [0.15, 0.2) is 25.3 Å². The molecular weight excluding hydrogens is 176 g/mol. The number of allylic oxidation sites excluding steroid dienone is 2. The monoisotopic (exact) mass is 194 g/mol. The predicted octanol–water partition coefficient (Wildman–Crippen LogP) is 2.87. The van der Waals surface area contributed by atoms with Gasteiger partial charge in [0, 0.05) is 0 Å². The third-order valence-corrected chi connectivity index (χ3v) is 3.20. The summed E-state index contributed by atoms with van der Waals surface area (Å²) in [5.41, 5.74) is 0. The molecule has 0 radical (unpaired) electrons. The Hall–Kier alpha value is -1.05. The highest BCUT2D eigenvalue weighted by molar-refractivity contribution is 5.70. The lowest BCUT2D eigenvalue weighted by atomic mass is 9.85. The van der Waals surface area contributed by atoms with Gasteiger partial charge in [-0.05, 0) is 37.5 Å². The topological polar surface area (TPSA) is 37.3 Å². The third-order valence-electron chi connectivity index (χ3n) is 3.20. The Balaban J connectivity index is 2.67. The van der Waals surface area contributed by atoms with Gasteiger partial charge in [0.25, 0.3) is 0 Å². The number of hydrogen-bond donors (Lipinski definition) is 1. The van der Waals surface area contributed by atoms with Crippen LogP contribution in [-0.2, 0) is 4.79 Å².